The fraction of sp³-hybridized carbons (Fsp3) is 0.182. The van der Waals surface area contributed by atoms with Gasteiger partial charge in [0.25, 0.3) is 5.91 Å². The van der Waals surface area contributed by atoms with Crippen LogP contribution in [0.15, 0.2) is 66.9 Å². The van der Waals surface area contributed by atoms with Crippen molar-refractivity contribution in [1.82, 2.24) is 10.3 Å². The summed E-state index contributed by atoms with van der Waals surface area (Å²) in [5, 5.41) is 6.20. The number of methoxy groups -OCH3 is 1. The molecule has 0 fully saturated rings. The van der Waals surface area contributed by atoms with Gasteiger partial charge in [0.2, 0.25) is 0 Å². The number of hydrogen-bond donors (Lipinski definition) is 2. The van der Waals surface area contributed by atoms with Crippen LogP contribution >= 0.6 is 0 Å². The first-order valence-electron chi connectivity index (χ1n) is 8.85. The smallest absolute Gasteiger partial charge is 0.269 e. The monoisotopic (exact) mass is 361 g/mol. The van der Waals surface area contributed by atoms with Gasteiger partial charge in [0.05, 0.1) is 7.11 Å². The lowest BCUT2D eigenvalue weighted by molar-refractivity contribution is 0.0949. The first-order valence-corrected chi connectivity index (χ1v) is 8.85. The number of benzene rings is 2. The molecule has 0 saturated carbocycles. The molecule has 1 amide bonds. The quantitative estimate of drug-likeness (QED) is 0.665. The average Bonchev–Trinajstić information content (AvgIpc) is 2.70. The van der Waals surface area contributed by atoms with E-state index in [4.69, 9.17) is 4.74 Å². The summed E-state index contributed by atoms with van der Waals surface area (Å²) in [6.07, 6.45) is 2.32. The summed E-state index contributed by atoms with van der Waals surface area (Å²) in [6.45, 7) is 2.56. The van der Waals surface area contributed by atoms with E-state index in [2.05, 4.69) is 15.6 Å². The van der Waals surface area contributed by atoms with Crippen molar-refractivity contribution < 1.29 is 9.53 Å². The van der Waals surface area contributed by atoms with Crippen molar-refractivity contribution in [2.24, 2.45) is 0 Å². The summed E-state index contributed by atoms with van der Waals surface area (Å²) in [5.74, 6) is 0.631. The van der Waals surface area contributed by atoms with Crippen molar-refractivity contribution >= 4 is 17.3 Å². The van der Waals surface area contributed by atoms with Gasteiger partial charge >= 0.3 is 0 Å². The molecular formula is C22H23N3O2. The summed E-state index contributed by atoms with van der Waals surface area (Å²) in [4.78, 5) is 16.6. The van der Waals surface area contributed by atoms with Gasteiger partial charge in [-0.25, -0.2) is 0 Å². The number of carbonyl (C=O) groups excluding carboxylic acids is 1. The highest BCUT2D eigenvalue weighted by atomic mass is 16.5. The van der Waals surface area contributed by atoms with Gasteiger partial charge in [-0.05, 0) is 49.2 Å². The molecule has 0 aliphatic rings. The number of nitrogens with one attached hydrogen (secondary N) is 2. The maximum atomic E-state index is 12.4. The van der Waals surface area contributed by atoms with Crippen LogP contribution in [0.5, 0.6) is 5.75 Å². The topological polar surface area (TPSA) is 63.2 Å². The Morgan fingerprint density at radius 3 is 2.59 bits per heavy atom. The van der Waals surface area contributed by atoms with E-state index in [9.17, 15) is 4.79 Å². The zero-order valence-electron chi connectivity index (χ0n) is 15.5. The number of nitrogens with zero attached hydrogens (tertiary/aromatic N) is 1. The van der Waals surface area contributed by atoms with E-state index >= 15 is 0 Å². The molecule has 5 nitrogen and oxygen atoms in total. The number of aryl methyl sites for hydroxylation is 1. The summed E-state index contributed by atoms with van der Waals surface area (Å²) >= 11 is 0. The Morgan fingerprint density at radius 1 is 1.04 bits per heavy atom. The first kappa shape index (κ1) is 18.5. The molecule has 3 aromatic rings. The standard InChI is InChI=1S/C22H23N3O2/c1-16-7-9-18(10-8-16)25-19-12-14-23-20(15-19)22(26)24-13-11-17-5-3-4-6-21(17)27-2/h3-10,12,14-15H,11,13H2,1-2H3,(H,23,25)(H,24,26). The van der Waals surface area contributed by atoms with E-state index in [-0.39, 0.29) is 5.91 Å². The van der Waals surface area contributed by atoms with E-state index in [1.807, 2.05) is 61.5 Å². The maximum absolute atomic E-state index is 12.4. The third kappa shape index (κ3) is 5.07. The molecule has 0 bridgehead atoms. The van der Waals surface area contributed by atoms with Crippen LogP contribution in [0.4, 0.5) is 11.4 Å². The van der Waals surface area contributed by atoms with Crippen molar-refractivity contribution in [2.75, 3.05) is 19.0 Å². The van der Waals surface area contributed by atoms with Gasteiger partial charge in [0, 0.05) is 24.1 Å². The Balaban J connectivity index is 1.59. The Bertz CT molecular complexity index is 907. The minimum absolute atomic E-state index is 0.197. The summed E-state index contributed by atoms with van der Waals surface area (Å²) in [5.41, 5.74) is 4.43. The second-order valence-electron chi connectivity index (χ2n) is 6.24. The Kier molecular flexibility index (Phi) is 6.05. The van der Waals surface area contributed by atoms with Gasteiger partial charge in [0.15, 0.2) is 0 Å². The van der Waals surface area contributed by atoms with Crippen LogP contribution in [-0.2, 0) is 6.42 Å². The zero-order chi connectivity index (χ0) is 19.1. The molecule has 0 unspecified atom stereocenters. The van der Waals surface area contributed by atoms with Crippen molar-refractivity contribution in [3.63, 3.8) is 0 Å². The van der Waals surface area contributed by atoms with E-state index in [1.54, 1.807) is 19.4 Å². The van der Waals surface area contributed by atoms with Gasteiger partial charge in [-0.3, -0.25) is 9.78 Å². The van der Waals surface area contributed by atoms with Crippen LogP contribution in [0.3, 0.4) is 0 Å². The zero-order valence-corrected chi connectivity index (χ0v) is 15.5. The van der Waals surface area contributed by atoms with Crippen molar-refractivity contribution in [1.29, 1.82) is 0 Å². The minimum Gasteiger partial charge on any atom is -0.496 e. The highest BCUT2D eigenvalue weighted by Crippen LogP contribution is 2.18. The minimum atomic E-state index is -0.197. The molecule has 5 heteroatoms. The molecule has 0 spiro atoms. The molecule has 27 heavy (non-hydrogen) atoms. The molecule has 0 saturated heterocycles. The lowest BCUT2D eigenvalue weighted by Crippen LogP contribution is -2.26. The molecule has 2 aromatic carbocycles. The van der Waals surface area contributed by atoms with Crippen LogP contribution in [0.2, 0.25) is 0 Å². The number of pyridine rings is 1. The normalized spacial score (nSPS) is 10.3. The third-order valence-electron chi connectivity index (χ3n) is 4.21. The third-order valence-corrected chi connectivity index (χ3v) is 4.21. The van der Waals surface area contributed by atoms with Gasteiger partial charge in [-0.2, -0.15) is 0 Å². The molecule has 1 aromatic heterocycles. The molecule has 0 atom stereocenters. The van der Waals surface area contributed by atoms with Gasteiger partial charge in [-0.1, -0.05) is 35.9 Å². The highest BCUT2D eigenvalue weighted by molar-refractivity contribution is 5.93. The van der Waals surface area contributed by atoms with Crippen molar-refractivity contribution in [2.45, 2.75) is 13.3 Å². The van der Waals surface area contributed by atoms with Crippen LogP contribution < -0.4 is 15.4 Å². The number of carbonyl (C=O) groups is 1. The Hall–Kier alpha value is -3.34. The van der Waals surface area contributed by atoms with Crippen molar-refractivity contribution in [3.05, 3.63) is 83.7 Å². The molecule has 0 aliphatic heterocycles. The van der Waals surface area contributed by atoms with Crippen LogP contribution in [0.1, 0.15) is 21.6 Å². The van der Waals surface area contributed by atoms with Crippen LogP contribution in [-0.4, -0.2) is 24.5 Å². The Labute approximate surface area is 159 Å². The van der Waals surface area contributed by atoms with Crippen molar-refractivity contribution in [3.8, 4) is 5.75 Å². The number of rotatable bonds is 7. The fourth-order valence-electron chi connectivity index (χ4n) is 2.75. The van der Waals surface area contributed by atoms with Gasteiger partial charge < -0.3 is 15.4 Å². The van der Waals surface area contributed by atoms with E-state index < -0.39 is 0 Å². The maximum Gasteiger partial charge on any atom is 0.269 e. The number of anilines is 2. The van der Waals surface area contributed by atoms with Crippen LogP contribution in [0.25, 0.3) is 0 Å². The number of para-hydroxylation sites is 1. The number of aromatic nitrogens is 1. The lowest BCUT2D eigenvalue weighted by atomic mass is 10.1. The molecule has 138 valence electrons. The largest absolute Gasteiger partial charge is 0.496 e. The number of ether oxygens (including phenoxy) is 1. The predicted molar refractivity (Wildman–Crippen MR) is 108 cm³/mol. The van der Waals surface area contributed by atoms with E-state index in [1.165, 1.54) is 5.56 Å². The number of amides is 1. The molecule has 3 rings (SSSR count). The molecule has 0 aliphatic carbocycles. The van der Waals surface area contributed by atoms with E-state index in [0.717, 1.165) is 22.7 Å². The molecule has 1 heterocycles. The summed E-state index contributed by atoms with van der Waals surface area (Å²) in [7, 11) is 1.65. The predicted octanol–water partition coefficient (Wildman–Crippen LogP) is 4.11. The molecule has 2 N–H and O–H groups in total. The highest BCUT2D eigenvalue weighted by Gasteiger charge is 2.09. The van der Waals surface area contributed by atoms with Gasteiger partial charge in [0.1, 0.15) is 11.4 Å². The average molecular weight is 361 g/mol. The Morgan fingerprint density at radius 2 is 1.81 bits per heavy atom. The summed E-state index contributed by atoms with van der Waals surface area (Å²) in [6, 6.07) is 19.5. The summed E-state index contributed by atoms with van der Waals surface area (Å²) < 4.78 is 5.33. The molecular weight excluding hydrogens is 338 g/mol. The second kappa shape index (κ2) is 8.85. The lowest BCUT2D eigenvalue weighted by Gasteiger charge is -2.10. The molecule has 0 radical (unpaired) electrons. The van der Waals surface area contributed by atoms with Gasteiger partial charge in [-0.15, -0.1) is 0 Å². The SMILES string of the molecule is COc1ccccc1CCNC(=O)c1cc(Nc2ccc(C)cc2)ccn1. The number of hydrogen-bond acceptors (Lipinski definition) is 4. The second-order valence-corrected chi connectivity index (χ2v) is 6.24. The fourth-order valence-corrected chi connectivity index (χ4v) is 2.75. The van der Waals surface area contributed by atoms with Crippen LogP contribution in [0, 0.1) is 6.92 Å². The first-order chi connectivity index (χ1) is 13.2. The van der Waals surface area contributed by atoms with E-state index in [0.29, 0.717) is 18.7 Å².